The standard InChI is InChI=1S/C12H22O2Se/c1-13-9-5-3-7-11(9)15-12-8-4-6-10(12)14-2/h9-12H,3-8H2,1-2H3. The summed E-state index contributed by atoms with van der Waals surface area (Å²) in [6.45, 7) is 0. The molecular weight excluding hydrogens is 255 g/mol. The molecule has 2 aliphatic carbocycles. The van der Waals surface area contributed by atoms with Gasteiger partial charge in [0, 0.05) is 0 Å². The average molecular weight is 277 g/mol. The third-order valence-corrected chi connectivity index (χ3v) is 7.47. The molecule has 3 heteroatoms. The molecule has 0 saturated heterocycles. The average Bonchev–Trinajstić information content (AvgIpc) is 2.87. The van der Waals surface area contributed by atoms with E-state index in [1.165, 1.54) is 38.5 Å². The minimum atomic E-state index is 0.558. The Hall–Kier alpha value is 0.439. The Kier molecular flexibility index (Phi) is 4.51. The molecule has 2 aliphatic rings. The fourth-order valence-corrected chi connectivity index (χ4v) is 6.84. The molecule has 0 aliphatic heterocycles. The van der Waals surface area contributed by atoms with Gasteiger partial charge in [-0.25, -0.2) is 0 Å². The number of methoxy groups -OCH3 is 2. The molecular formula is C12H22O2Se. The predicted octanol–water partition coefficient (Wildman–Crippen LogP) is 2.67. The molecule has 88 valence electrons. The first-order valence-corrected chi connectivity index (χ1v) is 8.04. The van der Waals surface area contributed by atoms with Gasteiger partial charge in [0.2, 0.25) is 0 Å². The van der Waals surface area contributed by atoms with Crippen molar-refractivity contribution in [1.82, 2.24) is 0 Å². The van der Waals surface area contributed by atoms with Gasteiger partial charge in [0.25, 0.3) is 0 Å². The van der Waals surface area contributed by atoms with Gasteiger partial charge >= 0.3 is 99.0 Å². The van der Waals surface area contributed by atoms with E-state index in [4.69, 9.17) is 9.47 Å². The Morgan fingerprint density at radius 3 is 1.67 bits per heavy atom. The number of hydrogen-bond acceptors (Lipinski definition) is 2. The molecule has 2 fully saturated rings. The van der Waals surface area contributed by atoms with Crippen molar-refractivity contribution in [1.29, 1.82) is 0 Å². The normalized spacial score (nSPS) is 41.2. The van der Waals surface area contributed by atoms with E-state index in [2.05, 4.69) is 0 Å². The molecule has 4 atom stereocenters. The molecule has 0 spiro atoms. The summed E-state index contributed by atoms with van der Waals surface area (Å²) in [6.07, 6.45) is 9.22. The summed E-state index contributed by atoms with van der Waals surface area (Å²) in [6, 6.07) is 0. The summed E-state index contributed by atoms with van der Waals surface area (Å²) < 4.78 is 11.2. The molecule has 0 N–H and O–H groups in total. The fraction of sp³-hybridized carbons (Fsp3) is 1.00. The van der Waals surface area contributed by atoms with Crippen LogP contribution in [0.4, 0.5) is 0 Å². The molecule has 4 unspecified atom stereocenters. The van der Waals surface area contributed by atoms with E-state index in [-0.39, 0.29) is 0 Å². The first-order valence-electron chi connectivity index (χ1n) is 6.06. The van der Waals surface area contributed by atoms with Gasteiger partial charge in [-0.15, -0.1) is 0 Å². The van der Waals surface area contributed by atoms with Gasteiger partial charge < -0.3 is 0 Å². The van der Waals surface area contributed by atoms with Crippen LogP contribution < -0.4 is 0 Å². The molecule has 0 bridgehead atoms. The van der Waals surface area contributed by atoms with E-state index in [1.54, 1.807) is 0 Å². The fourth-order valence-electron chi connectivity index (χ4n) is 2.86. The zero-order valence-electron chi connectivity index (χ0n) is 9.78. The van der Waals surface area contributed by atoms with Gasteiger partial charge in [0.1, 0.15) is 0 Å². The van der Waals surface area contributed by atoms with Gasteiger partial charge in [-0.3, -0.25) is 0 Å². The van der Waals surface area contributed by atoms with Gasteiger partial charge in [-0.05, 0) is 0 Å². The molecule has 2 nitrogen and oxygen atoms in total. The van der Waals surface area contributed by atoms with Crippen molar-refractivity contribution in [3.8, 4) is 0 Å². The molecule has 0 amide bonds. The van der Waals surface area contributed by atoms with Crippen LogP contribution in [0.3, 0.4) is 0 Å². The molecule has 0 aromatic heterocycles. The zero-order valence-corrected chi connectivity index (χ0v) is 11.5. The van der Waals surface area contributed by atoms with Crippen LogP contribution in [-0.2, 0) is 9.47 Å². The van der Waals surface area contributed by atoms with Crippen LogP contribution in [0.1, 0.15) is 38.5 Å². The molecule has 0 radical (unpaired) electrons. The van der Waals surface area contributed by atoms with Crippen LogP contribution in [0.2, 0.25) is 9.63 Å². The Bertz CT molecular complexity index is 178. The molecule has 0 heterocycles. The van der Waals surface area contributed by atoms with E-state index in [0.717, 1.165) is 24.6 Å². The van der Waals surface area contributed by atoms with Crippen LogP contribution in [-0.4, -0.2) is 41.4 Å². The van der Waals surface area contributed by atoms with Crippen molar-refractivity contribution in [2.24, 2.45) is 0 Å². The predicted molar refractivity (Wildman–Crippen MR) is 62.6 cm³/mol. The van der Waals surface area contributed by atoms with Crippen molar-refractivity contribution in [3.05, 3.63) is 0 Å². The van der Waals surface area contributed by atoms with Crippen LogP contribution in [0, 0.1) is 0 Å². The number of ether oxygens (including phenoxy) is 2. The third-order valence-electron chi connectivity index (χ3n) is 3.74. The van der Waals surface area contributed by atoms with Crippen molar-refractivity contribution in [2.45, 2.75) is 60.4 Å². The SMILES string of the molecule is COC1CCCC1[Se]C1CCCC1OC. The minimum absolute atomic E-state index is 0.558. The Balaban J connectivity index is 1.84. The summed E-state index contributed by atoms with van der Waals surface area (Å²) in [5, 5.41) is 0. The first-order chi connectivity index (χ1) is 7.35. The second-order valence-corrected chi connectivity index (χ2v) is 7.73. The van der Waals surface area contributed by atoms with Gasteiger partial charge in [0.05, 0.1) is 0 Å². The molecule has 0 aromatic rings. The van der Waals surface area contributed by atoms with Crippen LogP contribution in [0.25, 0.3) is 0 Å². The van der Waals surface area contributed by atoms with Crippen LogP contribution >= 0.6 is 0 Å². The quantitative estimate of drug-likeness (QED) is 0.736. The topological polar surface area (TPSA) is 18.5 Å². The second-order valence-electron chi connectivity index (χ2n) is 4.62. The Morgan fingerprint density at radius 2 is 1.27 bits per heavy atom. The van der Waals surface area contributed by atoms with Crippen molar-refractivity contribution in [2.75, 3.05) is 14.2 Å². The second kappa shape index (κ2) is 5.67. The summed E-state index contributed by atoms with van der Waals surface area (Å²) >= 11 is 0.731. The summed E-state index contributed by atoms with van der Waals surface area (Å²) in [5.41, 5.74) is 0. The molecule has 0 aromatic carbocycles. The summed E-state index contributed by atoms with van der Waals surface area (Å²) in [4.78, 5) is 1.73. The number of rotatable bonds is 4. The maximum atomic E-state index is 5.58. The van der Waals surface area contributed by atoms with Gasteiger partial charge in [-0.1, -0.05) is 0 Å². The van der Waals surface area contributed by atoms with Crippen LogP contribution in [0.15, 0.2) is 0 Å². The Morgan fingerprint density at radius 1 is 0.800 bits per heavy atom. The van der Waals surface area contributed by atoms with Crippen molar-refractivity contribution < 1.29 is 9.47 Å². The van der Waals surface area contributed by atoms with E-state index < -0.39 is 0 Å². The molecule has 2 saturated carbocycles. The van der Waals surface area contributed by atoms with Crippen molar-refractivity contribution in [3.63, 3.8) is 0 Å². The van der Waals surface area contributed by atoms with E-state index in [9.17, 15) is 0 Å². The first kappa shape index (κ1) is 11.9. The Labute approximate surface area is 99.2 Å². The van der Waals surface area contributed by atoms with Crippen molar-refractivity contribution >= 4 is 15.0 Å². The van der Waals surface area contributed by atoms with E-state index >= 15 is 0 Å². The van der Waals surface area contributed by atoms with Gasteiger partial charge in [0.15, 0.2) is 0 Å². The van der Waals surface area contributed by atoms with Crippen LogP contribution in [0.5, 0.6) is 0 Å². The molecule has 2 rings (SSSR count). The zero-order chi connectivity index (χ0) is 10.7. The summed E-state index contributed by atoms with van der Waals surface area (Å²) in [7, 11) is 3.75. The molecule has 15 heavy (non-hydrogen) atoms. The maximum absolute atomic E-state index is 5.58. The third kappa shape index (κ3) is 2.76. The summed E-state index contributed by atoms with van der Waals surface area (Å²) in [5.74, 6) is 0. The number of hydrogen-bond donors (Lipinski definition) is 0. The van der Waals surface area contributed by atoms with E-state index in [1.807, 2.05) is 14.2 Å². The monoisotopic (exact) mass is 278 g/mol. The van der Waals surface area contributed by atoms with E-state index in [0.29, 0.717) is 12.2 Å². The van der Waals surface area contributed by atoms with Gasteiger partial charge in [-0.2, -0.15) is 0 Å².